The zero-order chi connectivity index (χ0) is 18.2. The Morgan fingerprint density at radius 1 is 1.36 bits per heavy atom. The molecule has 0 aromatic carbocycles. The molecular weight excluding hydrogens is 357 g/mol. The van der Waals surface area contributed by atoms with Crippen molar-refractivity contribution >= 4 is 17.3 Å². The van der Waals surface area contributed by atoms with Crippen LogP contribution in [-0.2, 0) is 6.18 Å². The van der Waals surface area contributed by atoms with Gasteiger partial charge in [-0.15, -0.1) is 0 Å². The molecule has 2 N–H and O–H groups in total. The van der Waals surface area contributed by atoms with Gasteiger partial charge in [-0.05, 0) is 38.7 Å². The highest BCUT2D eigenvalue weighted by Crippen LogP contribution is 2.32. The third-order valence-electron chi connectivity index (χ3n) is 4.40. The Morgan fingerprint density at radius 3 is 2.64 bits per heavy atom. The van der Waals surface area contributed by atoms with Gasteiger partial charge in [-0.1, -0.05) is 11.6 Å². The molecule has 0 atom stereocenters. The summed E-state index contributed by atoms with van der Waals surface area (Å²) >= 11 is 5.94. The standard InChI is InChI=1S/C16H18ClF3N4O/c1-15(25)5-2-10(3-6-15)22-11-8-14(17)21-9-12(11)24-7-4-13(23-24)16(18,19)20/h4,7-10,25H,2-3,5-6H2,1H3,(H,21,22). The van der Waals surface area contributed by atoms with Crippen molar-refractivity contribution in [3.63, 3.8) is 0 Å². The van der Waals surface area contributed by atoms with E-state index in [9.17, 15) is 18.3 Å². The van der Waals surface area contributed by atoms with E-state index in [1.165, 1.54) is 12.4 Å². The van der Waals surface area contributed by atoms with E-state index in [2.05, 4.69) is 15.4 Å². The van der Waals surface area contributed by atoms with Crippen LogP contribution < -0.4 is 5.32 Å². The Kier molecular flexibility index (Phi) is 4.68. The first-order valence-corrected chi connectivity index (χ1v) is 8.30. The highest BCUT2D eigenvalue weighted by molar-refractivity contribution is 6.29. The molecular formula is C16H18ClF3N4O. The minimum Gasteiger partial charge on any atom is -0.390 e. The zero-order valence-corrected chi connectivity index (χ0v) is 14.3. The van der Waals surface area contributed by atoms with Crippen molar-refractivity contribution in [2.45, 2.75) is 50.4 Å². The highest BCUT2D eigenvalue weighted by atomic mass is 35.5. The van der Waals surface area contributed by atoms with E-state index in [1.807, 2.05) is 0 Å². The van der Waals surface area contributed by atoms with E-state index in [-0.39, 0.29) is 11.2 Å². The fraction of sp³-hybridized carbons (Fsp3) is 0.500. The van der Waals surface area contributed by atoms with Gasteiger partial charge in [0.2, 0.25) is 0 Å². The average molecular weight is 375 g/mol. The Labute approximate surface area is 147 Å². The Bertz CT molecular complexity index is 750. The first kappa shape index (κ1) is 18.0. The first-order chi connectivity index (χ1) is 11.6. The Hall–Kier alpha value is -1.80. The lowest BCUT2D eigenvalue weighted by Crippen LogP contribution is -2.35. The van der Waals surface area contributed by atoms with Crippen LogP contribution in [-0.4, -0.2) is 31.5 Å². The van der Waals surface area contributed by atoms with Crippen molar-refractivity contribution in [3.05, 3.63) is 35.4 Å². The van der Waals surface area contributed by atoms with Gasteiger partial charge in [-0.25, -0.2) is 9.67 Å². The maximum atomic E-state index is 12.8. The number of anilines is 1. The average Bonchev–Trinajstić information content (AvgIpc) is 2.99. The molecule has 3 rings (SSSR count). The van der Waals surface area contributed by atoms with Crippen LogP contribution in [0.4, 0.5) is 18.9 Å². The molecule has 0 aliphatic heterocycles. The lowest BCUT2D eigenvalue weighted by Gasteiger charge is -2.34. The number of aromatic nitrogens is 3. The number of nitrogens with one attached hydrogen (secondary N) is 1. The lowest BCUT2D eigenvalue weighted by molar-refractivity contribution is -0.141. The predicted octanol–water partition coefficient (Wildman–Crippen LogP) is 4.05. The summed E-state index contributed by atoms with van der Waals surface area (Å²) in [6, 6.07) is 2.57. The molecule has 2 heterocycles. The molecule has 136 valence electrons. The SMILES string of the molecule is CC1(O)CCC(Nc2cc(Cl)ncc2-n2ccc(C(F)(F)F)n2)CC1. The fourth-order valence-corrected chi connectivity index (χ4v) is 3.09. The summed E-state index contributed by atoms with van der Waals surface area (Å²) in [6.07, 6.45) is 0.922. The van der Waals surface area contributed by atoms with Crippen molar-refractivity contribution in [1.29, 1.82) is 0 Å². The number of halogens is 4. The second-order valence-electron chi connectivity index (χ2n) is 6.58. The summed E-state index contributed by atoms with van der Waals surface area (Å²) < 4.78 is 39.5. The number of hydrogen-bond donors (Lipinski definition) is 2. The quantitative estimate of drug-likeness (QED) is 0.796. The summed E-state index contributed by atoms with van der Waals surface area (Å²) in [5.74, 6) is 0. The van der Waals surface area contributed by atoms with E-state index in [4.69, 9.17) is 11.6 Å². The zero-order valence-electron chi connectivity index (χ0n) is 13.5. The van der Waals surface area contributed by atoms with Crippen molar-refractivity contribution in [2.75, 3.05) is 5.32 Å². The molecule has 9 heteroatoms. The topological polar surface area (TPSA) is 63.0 Å². The van der Waals surface area contributed by atoms with E-state index in [0.717, 1.165) is 23.6 Å². The van der Waals surface area contributed by atoms with Crippen molar-refractivity contribution in [2.24, 2.45) is 0 Å². The van der Waals surface area contributed by atoms with Gasteiger partial charge in [0.1, 0.15) is 10.8 Å². The van der Waals surface area contributed by atoms with Gasteiger partial charge in [-0.2, -0.15) is 18.3 Å². The van der Waals surface area contributed by atoms with Crippen LogP contribution in [0.1, 0.15) is 38.3 Å². The van der Waals surface area contributed by atoms with E-state index in [1.54, 1.807) is 13.0 Å². The maximum absolute atomic E-state index is 12.8. The van der Waals surface area contributed by atoms with Crippen LogP contribution in [0.15, 0.2) is 24.5 Å². The molecule has 1 saturated carbocycles. The van der Waals surface area contributed by atoms with Crippen LogP contribution in [0.3, 0.4) is 0 Å². The monoisotopic (exact) mass is 374 g/mol. The summed E-state index contributed by atoms with van der Waals surface area (Å²) in [5.41, 5.74) is -0.691. The molecule has 0 bridgehead atoms. The van der Waals surface area contributed by atoms with Crippen LogP contribution in [0.25, 0.3) is 5.69 Å². The van der Waals surface area contributed by atoms with Crippen molar-refractivity contribution in [1.82, 2.24) is 14.8 Å². The van der Waals surface area contributed by atoms with Gasteiger partial charge in [0.05, 0.1) is 17.5 Å². The highest BCUT2D eigenvalue weighted by Gasteiger charge is 2.34. The molecule has 1 fully saturated rings. The van der Waals surface area contributed by atoms with Gasteiger partial charge in [0, 0.05) is 18.3 Å². The first-order valence-electron chi connectivity index (χ1n) is 7.92. The van der Waals surface area contributed by atoms with Gasteiger partial charge in [0.15, 0.2) is 5.69 Å². The second-order valence-corrected chi connectivity index (χ2v) is 6.97. The predicted molar refractivity (Wildman–Crippen MR) is 87.9 cm³/mol. The van der Waals surface area contributed by atoms with E-state index in [0.29, 0.717) is 24.2 Å². The number of aliphatic hydroxyl groups is 1. The molecule has 2 aromatic rings. The molecule has 0 spiro atoms. The molecule has 0 amide bonds. The smallest absolute Gasteiger partial charge is 0.390 e. The molecule has 1 aliphatic rings. The summed E-state index contributed by atoms with van der Waals surface area (Å²) in [4.78, 5) is 3.95. The number of hydrogen-bond acceptors (Lipinski definition) is 4. The van der Waals surface area contributed by atoms with E-state index >= 15 is 0 Å². The van der Waals surface area contributed by atoms with Crippen LogP contribution in [0.2, 0.25) is 5.15 Å². The molecule has 0 radical (unpaired) electrons. The summed E-state index contributed by atoms with van der Waals surface area (Å²) in [6.45, 7) is 1.81. The van der Waals surface area contributed by atoms with Gasteiger partial charge >= 0.3 is 6.18 Å². The van der Waals surface area contributed by atoms with Crippen LogP contribution in [0.5, 0.6) is 0 Å². The van der Waals surface area contributed by atoms with Gasteiger partial charge in [-0.3, -0.25) is 0 Å². The summed E-state index contributed by atoms with van der Waals surface area (Å²) in [5, 5.41) is 17.2. The molecule has 2 aromatic heterocycles. The molecule has 1 aliphatic carbocycles. The molecule has 25 heavy (non-hydrogen) atoms. The minimum atomic E-state index is -4.51. The van der Waals surface area contributed by atoms with Crippen molar-refractivity contribution < 1.29 is 18.3 Å². The molecule has 0 saturated heterocycles. The lowest BCUT2D eigenvalue weighted by atomic mass is 9.83. The largest absolute Gasteiger partial charge is 0.435 e. The molecule has 5 nitrogen and oxygen atoms in total. The van der Waals surface area contributed by atoms with Crippen LogP contribution >= 0.6 is 11.6 Å². The third kappa shape index (κ3) is 4.24. The van der Waals surface area contributed by atoms with Gasteiger partial charge < -0.3 is 10.4 Å². The Balaban J connectivity index is 1.85. The van der Waals surface area contributed by atoms with E-state index < -0.39 is 17.5 Å². The van der Waals surface area contributed by atoms with Gasteiger partial charge in [0.25, 0.3) is 0 Å². The second kappa shape index (κ2) is 6.49. The summed E-state index contributed by atoms with van der Waals surface area (Å²) in [7, 11) is 0. The third-order valence-corrected chi connectivity index (χ3v) is 4.60. The number of pyridine rings is 1. The Morgan fingerprint density at radius 2 is 2.04 bits per heavy atom. The number of nitrogens with zero attached hydrogens (tertiary/aromatic N) is 3. The van der Waals surface area contributed by atoms with Crippen LogP contribution in [0, 0.1) is 0 Å². The maximum Gasteiger partial charge on any atom is 0.435 e. The molecule has 0 unspecified atom stereocenters. The number of alkyl halides is 3. The minimum absolute atomic E-state index is 0.0927. The fourth-order valence-electron chi connectivity index (χ4n) is 2.93. The number of rotatable bonds is 3. The van der Waals surface area contributed by atoms with Crippen molar-refractivity contribution in [3.8, 4) is 5.69 Å². The normalized spacial score (nSPS) is 24.3.